The average molecular weight is 239 g/mol. The van der Waals surface area contributed by atoms with Crippen LogP contribution < -0.4 is 5.73 Å². The first-order chi connectivity index (χ1) is 7.56. The lowest BCUT2D eigenvalue weighted by Gasteiger charge is -2.13. The summed E-state index contributed by atoms with van der Waals surface area (Å²) in [6.07, 6.45) is 2.42. The Labute approximate surface area is 99.8 Å². The van der Waals surface area contributed by atoms with Gasteiger partial charge >= 0.3 is 0 Å². The van der Waals surface area contributed by atoms with Crippen LogP contribution in [0, 0.1) is 12.3 Å². The first-order valence-electron chi connectivity index (χ1n) is 5.13. The number of aliphatic hydroxyl groups excluding tert-OH is 1. The molecular formula is C11H17N3OS. The highest BCUT2D eigenvalue weighted by molar-refractivity contribution is 7.99. The molecule has 0 amide bonds. The average Bonchev–Trinajstić information content (AvgIpc) is 2.17. The van der Waals surface area contributed by atoms with Crippen molar-refractivity contribution in [1.29, 1.82) is 5.41 Å². The molecule has 16 heavy (non-hydrogen) atoms. The molecule has 0 aliphatic heterocycles. The Hall–Kier alpha value is -1.07. The first-order valence-corrected chi connectivity index (χ1v) is 6.01. The standard InChI is InChI=1S/C11H17N3OS/c1-7-3-5-14-11(9(7)10(12)13)16-8(2)4-6-15/h3,5,8,15H,4,6H2,1-2H3,(H3,12,13). The van der Waals surface area contributed by atoms with Crippen LogP contribution in [-0.2, 0) is 0 Å². The predicted octanol–water partition coefficient (Wildman–Crippen LogP) is 1.54. The van der Waals surface area contributed by atoms with Gasteiger partial charge in [0.2, 0.25) is 0 Å². The minimum absolute atomic E-state index is 0.0456. The van der Waals surface area contributed by atoms with Gasteiger partial charge in [-0.15, -0.1) is 11.8 Å². The summed E-state index contributed by atoms with van der Waals surface area (Å²) >= 11 is 1.55. The fourth-order valence-corrected chi connectivity index (χ4v) is 2.50. The third kappa shape index (κ3) is 3.21. The van der Waals surface area contributed by atoms with Crippen LogP contribution in [0.15, 0.2) is 17.3 Å². The number of thioether (sulfide) groups is 1. The normalized spacial score (nSPS) is 12.4. The summed E-state index contributed by atoms with van der Waals surface area (Å²) in [5.74, 6) is 0.0456. The van der Waals surface area contributed by atoms with E-state index in [0.717, 1.165) is 10.6 Å². The molecule has 1 unspecified atom stereocenters. The molecule has 0 aliphatic rings. The van der Waals surface area contributed by atoms with E-state index < -0.39 is 0 Å². The Morgan fingerprint density at radius 1 is 1.69 bits per heavy atom. The highest BCUT2D eigenvalue weighted by Crippen LogP contribution is 2.27. The molecule has 1 rings (SSSR count). The molecule has 88 valence electrons. The van der Waals surface area contributed by atoms with Gasteiger partial charge in [-0.05, 0) is 25.0 Å². The lowest BCUT2D eigenvalue weighted by molar-refractivity contribution is 0.289. The Kier molecular flexibility index (Phi) is 4.76. The molecule has 1 aromatic rings. The minimum Gasteiger partial charge on any atom is -0.396 e. The molecule has 0 radical (unpaired) electrons. The fraction of sp³-hybridized carbons (Fsp3) is 0.455. The molecule has 0 bridgehead atoms. The van der Waals surface area contributed by atoms with Crippen LogP contribution in [0.2, 0.25) is 0 Å². The summed E-state index contributed by atoms with van der Waals surface area (Å²) in [6, 6.07) is 1.84. The van der Waals surface area contributed by atoms with Crippen LogP contribution in [0.5, 0.6) is 0 Å². The van der Waals surface area contributed by atoms with E-state index in [4.69, 9.17) is 16.2 Å². The molecule has 4 nitrogen and oxygen atoms in total. The number of rotatable bonds is 5. The van der Waals surface area contributed by atoms with Crippen molar-refractivity contribution in [2.24, 2.45) is 5.73 Å². The number of aryl methyl sites for hydroxylation is 1. The van der Waals surface area contributed by atoms with Gasteiger partial charge in [0.1, 0.15) is 10.9 Å². The Balaban J connectivity index is 2.95. The number of nitrogens with one attached hydrogen (secondary N) is 1. The smallest absolute Gasteiger partial charge is 0.125 e. The van der Waals surface area contributed by atoms with E-state index in [9.17, 15) is 0 Å². The van der Waals surface area contributed by atoms with Crippen molar-refractivity contribution in [1.82, 2.24) is 4.98 Å². The lowest BCUT2D eigenvalue weighted by Crippen LogP contribution is -2.15. The molecule has 0 aliphatic carbocycles. The van der Waals surface area contributed by atoms with Gasteiger partial charge in [0, 0.05) is 18.1 Å². The zero-order valence-corrected chi connectivity index (χ0v) is 10.3. The maximum absolute atomic E-state index is 8.85. The summed E-state index contributed by atoms with van der Waals surface area (Å²) in [5, 5.41) is 17.4. The summed E-state index contributed by atoms with van der Waals surface area (Å²) in [6.45, 7) is 4.10. The summed E-state index contributed by atoms with van der Waals surface area (Å²) in [7, 11) is 0. The van der Waals surface area contributed by atoms with E-state index in [1.165, 1.54) is 0 Å². The molecule has 0 saturated carbocycles. The molecule has 0 aromatic carbocycles. The van der Waals surface area contributed by atoms with Crippen LogP contribution in [-0.4, -0.2) is 27.8 Å². The molecular weight excluding hydrogens is 222 g/mol. The number of nitrogens with two attached hydrogens (primary N) is 1. The van der Waals surface area contributed by atoms with Crippen molar-refractivity contribution in [2.45, 2.75) is 30.5 Å². The second-order valence-electron chi connectivity index (χ2n) is 3.66. The third-order valence-electron chi connectivity index (χ3n) is 2.24. The predicted molar refractivity (Wildman–Crippen MR) is 67.0 cm³/mol. The van der Waals surface area contributed by atoms with Gasteiger partial charge in [0.15, 0.2) is 0 Å². The number of aromatic nitrogens is 1. The molecule has 1 atom stereocenters. The van der Waals surface area contributed by atoms with Crippen LogP contribution >= 0.6 is 11.8 Å². The number of pyridine rings is 1. The molecule has 1 heterocycles. The molecule has 4 N–H and O–H groups in total. The Morgan fingerprint density at radius 3 is 2.94 bits per heavy atom. The molecule has 0 saturated heterocycles. The van der Waals surface area contributed by atoms with Crippen LogP contribution in [0.25, 0.3) is 0 Å². The quantitative estimate of drug-likeness (QED) is 0.413. The highest BCUT2D eigenvalue weighted by Gasteiger charge is 2.13. The summed E-state index contributed by atoms with van der Waals surface area (Å²) in [5.41, 5.74) is 7.21. The van der Waals surface area contributed by atoms with Gasteiger partial charge in [-0.2, -0.15) is 0 Å². The largest absolute Gasteiger partial charge is 0.396 e. The summed E-state index contributed by atoms with van der Waals surface area (Å²) in [4.78, 5) is 4.24. The lowest BCUT2D eigenvalue weighted by atomic mass is 10.1. The molecule has 5 heteroatoms. The van der Waals surface area contributed by atoms with Gasteiger partial charge in [-0.25, -0.2) is 4.98 Å². The number of aliphatic hydroxyl groups is 1. The van der Waals surface area contributed by atoms with E-state index in [-0.39, 0.29) is 17.7 Å². The van der Waals surface area contributed by atoms with Gasteiger partial charge in [-0.3, -0.25) is 5.41 Å². The zero-order valence-electron chi connectivity index (χ0n) is 9.53. The van der Waals surface area contributed by atoms with Gasteiger partial charge in [-0.1, -0.05) is 6.92 Å². The summed E-state index contributed by atoms with van der Waals surface area (Å²) < 4.78 is 0. The van der Waals surface area contributed by atoms with E-state index in [1.807, 2.05) is 19.9 Å². The second-order valence-corrected chi connectivity index (χ2v) is 5.09. The maximum atomic E-state index is 8.85. The fourth-order valence-electron chi connectivity index (χ4n) is 1.38. The SMILES string of the molecule is Cc1ccnc(SC(C)CCO)c1C(=N)N. The second kappa shape index (κ2) is 5.86. The van der Waals surface area contributed by atoms with E-state index in [0.29, 0.717) is 12.0 Å². The van der Waals surface area contributed by atoms with Crippen molar-refractivity contribution >= 4 is 17.6 Å². The topological polar surface area (TPSA) is 83.0 Å². The van der Waals surface area contributed by atoms with Crippen molar-refractivity contribution < 1.29 is 5.11 Å². The first kappa shape index (κ1) is 13.0. The van der Waals surface area contributed by atoms with Crippen LogP contribution in [0.4, 0.5) is 0 Å². The highest BCUT2D eigenvalue weighted by atomic mass is 32.2. The van der Waals surface area contributed by atoms with E-state index >= 15 is 0 Å². The number of hydrogen-bond acceptors (Lipinski definition) is 4. The van der Waals surface area contributed by atoms with Crippen molar-refractivity contribution in [2.75, 3.05) is 6.61 Å². The third-order valence-corrected chi connectivity index (χ3v) is 3.41. The van der Waals surface area contributed by atoms with Crippen LogP contribution in [0.3, 0.4) is 0 Å². The minimum atomic E-state index is 0.0456. The molecule has 0 fully saturated rings. The van der Waals surface area contributed by atoms with Gasteiger partial charge in [0.05, 0.1) is 5.56 Å². The van der Waals surface area contributed by atoms with Crippen molar-refractivity contribution in [3.05, 3.63) is 23.4 Å². The Bertz CT molecular complexity index is 381. The monoisotopic (exact) mass is 239 g/mol. The number of nitrogens with zero attached hydrogens (tertiary/aromatic N) is 1. The Morgan fingerprint density at radius 2 is 2.38 bits per heavy atom. The van der Waals surface area contributed by atoms with E-state index in [1.54, 1.807) is 18.0 Å². The zero-order chi connectivity index (χ0) is 12.1. The molecule has 1 aromatic heterocycles. The van der Waals surface area contributed by atoms with Crippen LogP contribution in [0.1, 0.15) is 24.5 Å². The molecule has 0 spiro atoms. The number of amidine groups is 1. The van der Waals surface area contributed by atoms with Gasteiger partial charge in [0.25, 0.3) is 0 Å². The maximum Gasteiger partial charge on any atom is 0.125 e. The number of nitrogen functional groups attached to an aromatic ring is 1. The van der Waals surface area contributed by atoms with Crippen molar-refractivity contribution in [3.63, 3.8) is 0 Å². The van der Waals surface area contributed by atoms with Gasteiger partial charge < -0.3 is 10.8 Å². The van der Waals surface area contributed by atoms with Crippen molar-refractivity contribution in [3.8, 4) is 0 Å². The van der Waals surface area contributed by atoms with E-state index in [2.05, 4.69) is 4.98 Å². The number of hydrogen-bond donors (Lipinski definition) is 3.